The lowest BCUT2D eigenvalue weighted by molar-refractivity contribution is -0.894. The van der Waals surface area contributed by atoms with Gasteiger partial charge in [0.1, 0.15) is 0 Å². The van der Waals surface area contributed by atoms with Crippen molar-refractivity contribution in [3.05, 3.63) is 35.9 Å². The lowest BCUT2D eigenvalue weighted by atomic mass is 10.0. The van der Waals surface area contributed by atoms with E-state index in [0.717, 1.165) is 23.3 Å². The molecule has 1 aromatic carbocycles. The molecule has 5 nitrogen and oxygen atoms in total. The van der Waals surface area contributed by atoms with E-state index in [9.17, 15) is 9.59 Å². The average Bonchev–Trinajstić information content (AvgIpc) is 3.33. The van der Waals surface area contributed by atoms with Crippen LogP contribution >= 0.6 is 0 Å². The van der Waals surface area contributed by atoms with Gasteiger partial charge in [0.15, 0.2) is 12.6 Å². The summed E-state index contributed by atoms with van der Waals surface area (Å²) < 4.78 is 0. The van der Waals surface area contributed by atoms with Crippen molar-refractivity contribution in [1.29, 1.82) is 0 Å². The van der Waals surface area contributed by atoms with Gasteiger partial charge in [-0.1, -0.05) is 30.3 Å². The molecule has 1 unspecified atom stereocenters. The molecule has 0 bridgehead atoms. The van der Waals surface area contributed by atoms with E-state index in [4.69, 9.17) is 0 Å². The van der Waals surface area contributed by atoms with Gasteiger partial charge < -0.3 is 15.1 Å². The molecule has 0 radical (unpaired) electrons. The van der Waals surface area contributed by atoms with Gasteiger partial charge in [0, 0.05) is 24.7 Å². The van der Waals surface area contributed by atoms with Gasteiger partial charge in [0.05, 0.1) is 7.05 Å². The topological polar surface area (TPSA) is 53.9 Å². The van der Waals surface area contributed by atoms with Gasteiger partial charge in [-0.15, -0.1) is 0 Å². The summed E-state index contributed by atoms with van der Waals surface area (Å²) in [5.41, 5.74) is 0.959. The molecule has 0 spiro atoms. The summed E-state index contributed by atoms with van der Waals surface area (Å²) in [6.45, 7) is 5.64. The number of benzene rings is 1. The van der Waals surface area contributed by atoms with E-state index in [-0.39, 0.29) is 17.9 Å². The molecule has 0 heterocycles. The van der Waals surface area contributed by atoms with E-state index in [1.807, 2.05) is 56.1 Å². The maximum atomic E-state index is 12.9. The Morgan fingerprint density at radius 1 is 1.22 bits per heavy atom. The highest BCUT2D eigenvalue weighted by Crippen LogP contribution is 2.18. The molecule has 0 saturated heterocycles. The van der Waals surface area contributed by atoms with Crippen molar-refractivity contribution in [3.8, 4) is 0 Å². The van der Waals surface area contributed by atoms with Gasteiger partial charge in [0.2, 0.25) is 0 Å². The zero-order valence-corrected chi connectivity index (χ0v) is 14.3. The summed E-state index contributed by atoms with van der Waals surface area (Å²) in [7, 11) is 1.92. The molecule has 2 atom stereocenters. The lowest BCUT2D eigenvalue weighted by Gasteiger charge is -2.29. The number of hydrogen-bond acceptors (Lipinski definition) is 2. The maximum Gasteiger partial charge on any atom is 0.285 e. The maximum absolute atomic E-state index is 12.9. The van der Waals surface area contributed by atoms with Crippen LogP contribution in [0.5, 0.6) is 0 Å². The van der Waals surface area contributed by atoms with Crippen LogP contribution in [0.3, 0.4) is 0 Å². The number of amides is 2. The van der Waals surface area contributed by atoms with Gasteiger partial charge >= 0.3 is 0 Å². The summed E-state index contributed by atoms with van der Waals surface area (Å²) in [5.74, 6) is 0.108. The van der Waals surface area contributed by atoms with E-state index >= 15 is 0 Å². The Labute approximate surface area is 138 Å². The van der Waals surface area contributed by atoms with Crippen LogP contribution in [-0.4, -0.2) is 49.4 Å². The Hall–Kier alpha value is -1.88. The van der Waals surface area contributed by atoms with Gasteiger partial charge in [-0.2, -0.15) is 0 Å². The number of nitrogens with one attached hydrogen (secondary N) is 2. The normalized spacial score (nSPS) is 16.5. The van der Waals surface area contributed by atoms with Crippen LogP contribution in [0, 0.1) is 0 Å². The van der Waals surface area contributed by atoms with Crippen LogP contribution in [-0.2, 0) is 9.59 Å². The van der Waals surface area contributed by atoms with Gasteiger partial charge in [-0.05, 0) is 26.7 Å². The van der Waals surface area contributed by atoms with E-state index in [1.54, 1.807) is 0 Å². The van der Waals surface area contributed by atoms with Crippen molar-refractivity contribution < 1.29 is 14.5 Å². The third-order valence-electron chi connectivity index (χ3n) is 4.33. The fourth-order valence-electron chi connectivity index (χ4n) is 2.86. The van der Waals surface area contributed by atoms with E-state index in [2.05, 4.69) is 5.32 Å². The molecular weight excluding hydrogens is 290 g/mol. The Morgan fingerprint density at radius 3 is 2.35 bits per heavy atom. The van der Waals surface area contributed by atoms with E-state index in [0.29, 0.717) is 25.7 Å². The zero-order valence-electron chi connectivity index (χ0n) is 14.3. The number of carbonyl (C=O) groups is 2. The molecule has 126 valence electrons. The summed E-state index contributed by atoms with van der Waals surface area (Å²) >= 11 is 0. The Balaban J connectivity index is 2.14. The molecule has 2 amide bonds. The van der Waals surface area contributed by atoms with Crippen molar-refractivity contribution in [1.82, 2.24) is 10.2 Å². The molecule has 2 N–H and O–H groups in total. The number of hydrogen-bond donors (Lipinski definition) is 2. The number of likely N-dealkylation sites (N-methyl/N-ethyl adjacent to an activating group) is 2. The molecule has 0 aromatic heterocycles. The predicted molar refractivity (Wildman–Crippen MR) is 90.0 cm³/mol. The van der Waals surface area contributed by atoms with Crippen molar-refractivity contribution in [2.24, 2.45) is 0 Å². The van der Waals surface area contributed by atoms with Crippen LogP contribution in [0.2, 0.25) is 0 Å². The Morgan fingerprint density at radius 2 is 1.83 bits per heavy atom. The Kier molecular flexibility index (Phi) is 6.16. The average molecular weight is 318 g/mol. The number of quaternary nitrogens is 1. The summed E-state index contributed by atoms with van der Waals surface area (Å²) in [6.07, 6.45) is 2.15. The SMILES string of the molecule is CCN(CC)C(=O)[C@@H](c1ccccc1)[NH+](C)CC(=O)NC1CC1. The van der Waals surface area contributed by atoms with Gasteiger partial charge in [0.25, 0.3) is 11.8 Å². The van der Waals surface area contributed by atoms with Crippen LogP contribution in [0.4, 0.5) is 0 Å². The third kappa shape index (κ3) is 4.79. The van der Waals surface area contributed by atoms with Crippen molar-refractivity contribution >= 4 is 11.8 Å². The molecule has 1 saturated carbocycles. The van der Waals surface area contributed by atoms with E-state index < -0.39 is 0 Å². The first-order valence-corrected chi connectivity index (χ1v) is 8.52. The van der Waals surface area contributed by atoms with Gasteiger partial charge in [-0.3, -0.25) is 9.59 Å². The molecule has 1 aliphatic carbocycles. The summed E-state index contributed by atoms with van der Waals surface area (Å²) in [6, 6.07) is 9.76. The quantitative estimate of drug-likeness (QED) is 0.728. The first kappa shape index (κ1) is 17.5. The standard InChI is InChI=1S/C18H27N3O2/c1-4-21(5-2)18(23)17(14-9-7-6-8-10-14)20(3)13-16(22)19-15-11-12-15/h6-10,15,17H,4-5,11-13H2,1-3H3,(H,19,22)/p+1/t17-/m1/s1. The minimum absolute atomic E-state index is 0.0262. The highest BCUT2D eigenvalue weighted by atomic mass is 16.2. The molecule has 23 heavy (non-hydrogen) atoms. The molecule has 0 aliphatic heterocycles. The van der Waals surface area contributed by atoms with E-state index in [1.165, 1.54) is 0 Å². The molecule has 5 heteroatoms. The molecule has 2 rings (SSSR count). The smallest absolute Gasteiger partial charge is 0.285 e. The Bertz CT molecular complexity index is 524. The molecular formula is C18H28N3O2+. The third-order valence-corrected chi connectivity index (χ3v) is 4.33. The second-order valence-electron chi connectivity index (χ2n) is 6.22. The van der Waals surface area contributed by atoms with Crippen LogP contribution in [0.25, 0.3) is 0 Å². The first-order valence-electron chi connectivity index (χ1n) is 8.52. The van der Waals surface area contributed by atoms with Crippen LogP contribution < -0.4 is 10.2 Å². The van der Waals surface area contributed by atoms with Gasteiger partial charge in [-0.25, -0.2) is 0 Å². The molecule has 1 fully saturated rings. The number of carbonyl (C=O) groups excluding carboxylic acids is 2. The minimum atomic E-state index is -0.346. The second-order valence-corrected chi connectivity index (χ2v) is 6.22. The zero-order chi connectivity index (χ0) is 16.8. The number of nitrogens with zero attached hydrogens (tertiary/aromatic N) is 1. The van der Waals surface area contributed by atoms with Crippen molar-refractivity contribution in [2.45, 2.75) is 38.8 Å². The molecule has 1 aliphatic rings. The monoisotopic (exact) mass is 318 g/mol. The lowest BCUT2D eigenvalue weighted by Crippen LogP contribution is -3.11. The molecule has 1 aromatic rings. The van der Waals surface area contributed by atoms with Crippen LogP contribution in [0.15, 0.2) is 30.3 Å². The fourth-order valence-corrected chi connectivity index (χ4v) is 2.86. The van der Waals surface area contributed by atoms with Crippen molar-refractivity contribution in [2.75, 3.05) is 26.7 Å². The highest BCUT2D eigenvalue weighted by Gasteiger charge is 2.34. The predicted octanol–water partition coefficient (Wildman–Crippen LogP) is 0.389. The second kappa shape index (κ2) is 8.11. The van der Waals surface area contributed by atoms with Crippen molar-refractivity contribution in [3.63, 3.8) is 0 Å². The largest absolute Gasteiger partial charge is 0.348 e. The first-order chi connectivity index (χ1) is 11.1. The summed E-state index contributed by atoms with van der Waals surface area (Å²) in [4.78, 5) is 27.8. The fraction of sp³-hybridized carbons (Fsp3) is 0.556. The summed E-state index contributed by atoms with van der Waals surface area (Å²) in [5, 5.41) is 3.00. The highest BCUT2D eigenvalue weighted by molar-refractivity contribution is 5.82. The van der Waals surface area contributed by atoms with Crippen LogP contribution in [0.1, 0.15) is 38.3 Å². The number of rotatable bonds is 8. The minimum Gasteiger partial charge on any atom is -0.348 e.